The van der Waals surface area contributed by atoms with E-state index in [9.17, 15) is 18.4 Å². The summed E-state index contributed by atoms with van der Waals surface area (Å²) in [5.41, 5.74) is 2.75. The van der Waals surface area contributed by atoms with Crippen molar-refractivity contribution >= 4 is 29.0 Å². The van der Waals surface area contributed by atoms with Crippen molar-refractivity contribution in [3.8, 4) is 17.0 Å². The molecule has 2 aromatic heterocycles. The molecule has 0 radical (unpaired) electrons. The number of likely N-dealkylation sites (N-methyl/N-ethyl adjacent to an activating group) is 1. The van der Waals surface area contributed by atoms with Gasteiger partial charge in [-0.25, -0.2) is 14.4 Å². The Bertz CT molecular complexity index is 1670. The van der Waals surface area contributed by atoms with E-state index in [4.69, 9.17) is 4.74 Å². The maximum Gasteiger partial charge on any atom is 0.277 e. The second kappa shape index (κ2) is 12.5. The van der Waals surface area contributed by atoms with E-state index in [1.165, 1.54) is 31.6 Å². The molecule has 0 spiro atoms. The minimum Gasteiger partial charge on any atom is -1.00 e. The summed E-state index contributed by atoms with van der Waals surface area (Å²) in [6, 6.07) is 8.02. The van der Waals surface area contributed by atoms with Gasteiger partial charge in [-0.3, -0.25) is 14.0 Å². The lowest BCUT2D eigenvalue weighted by molar-refractivity contribution is -0.862. The number of imidazole rings is 1. The zero-order valence-electron chi connectivity index (χ0n) is 24.6. The number of rotatable bonds is 8. The molecule has 3 heterocycles. The third-order valence-corrected chi connectivity index (χ3v) is 7.19. The van der Waals surface area contributed by atoms with Gasteiger partial charge in [0, 0.05) is 48.3 Å². The molecule has 1 saturated heterocycles. The van der Waals surface area contributed by atoms with Gasteiger partial charge in [0.15, 0.2) is 29.6 Å². The molecule has 2 aromatic carbocycles. The van der Waals surface area contributed by atoms with Crippen LogP contribution in [0.4, 0.5) is 20.3 Å². The van der Waals surface area contributed by atoms with Gasteiger partial charge in [-0.1, -0.05) is 0 Å². The SMILES string of the molecule is COc1ccc(-c2cnc3c(Nc4ccc(C(=O)N[C@@H]5CCN(C(=O)C[N+](C)(C)C)C5)c(C)c4)nccn23)c(F)c1F.[Cl-]. The number of likely N-dealkylation sites (tertiary alicyclic amines) is 1. The molecule has 0 saturated carbocycles. The third-order valence-electron chi connectivity index (χ3n) is 7.19. The molecular weight excluding hydrogens is 580 g/mol. The Morgan fingerprint density at radius 2 is 1.88 bits per heavy atom. The van der Waals surface area contributed by atoms with Gasteiger partial charge in [0.2, 0.25) is 5.82 Å². The predicted molar refractivity (Wildman–Crippen MR) is 155 cm³/mol. The Hall–Kier alpha value is -4.29. The molecular formula is C30H34ClF2N7O3. The summed E-state index contributed by atoms with van der Waals surface area (Å²) in [5.74, 6) is -2.00. The zero-order valence-corrected chi connectivity index (χ0v) is 25.4. The number of fused-ring (bicyclic) bond motifs is 1. The van der Waals surface area contributed by atoms with Gasteiger partial charge < -0.3 is 37.2 Å². The Kier molecular flexibility index (Phi) is 9.21. The van der Waals surface area contributed by atoms with Crippen molar-refractivity contribution in [3.05, 3.63) is 71.7 Å². The number of carbonyl (C=O) groups excluding carboxylic acids is 2. The highest BCUT2D eigenvalue weighted by Crippen LogP contribution is 2.31. The molecule has 2 amide bonds. The second-order valence-electron chi connectivity index (χ2n) is 11.5. The van der Waals surface area contributed by atoms with Crippen molar-refractivity contribution < 1.29 is 40.0 Å². The van der Waals surface area contributed by atoms with E-state index >= 15 is 0 Å². The lowest BCUT2D eigenvalue weighted by atomic mass is 10.1. The lowest BCUT2D eigenvalue weighted by Crippen LogP contribution is -3.00. The van der Waals surface area contributed by atoms with Crippen LogP contribution in [-0.2, 0) is 4.79 Å². The Balaban J connectivity index is 0.00000423. The number of methoxy groups -OCH3 is 1. The van der Waals surface area contributed by atoms with Crippen LogP contribution in [-0.4, -0.2) is 89.5 Å². The van der Waals surface area contributed by atoms with E-state index in [1.54, 1.807) is 22.7 Å². The van der Waals surface area contributed by atoms with Gasteiger partial charge in [0.25, 0.3) is 11.8 Å². The van der Waals surface area contributed by atoms with E-state index in [0.717, 1.165) is 5.56 Å². The molecule has 1 aliphatic rings. The van der Waals surface area contributed by atoms with Gasteiger partial charge in [0.05, 0.1) is 40.1 Å². The number of aryl methyl sites for hydroxylation is 1. The van der Waals surface area contributed by atoms with E-state index < -0.39 is 11.6 Å². The molecule has 5 rings (SSSR count). The van der Waals surface area contributed by atoms with Crippen molar-refractivity contribution in [2.45, 2.75) is 19.4 Å². The van der Waals surface area contributed by atoms with Crippen LogP contribution in [0.5, 0.6) is 5.75 Å². The van der Waals surface area contributed by atoms with Gasteiger partial charge in [0.1, 0.15) is 0 Å². The molecule has 0 bridgehead atoms. The number of anilines is 2. The molecule has 1 atom stereocenters. The minimum atomic E-state index is -1.07. The highest BCUT2D eigenvalue weighted by Gasteiger charge is 2.30. The van der Waals surface area contributed by atoms with E-state index in [-0.39, 0.29) is 41.6 Å². The maximum atomic E-state index is 14.8. The monoisotopic (exact) mass is 613 g/mol. The molecule has 0 unspecified atom stereocenters. The van der Waals surface area contributed by atoms with Crippen molar-refractivity contribution in [2.24, 2.45) is 0 Å². The molecule has 228 valence electrons. The molecule has 2 N–H and O–H groups in total. The zero-order chi connectivity index (χ0) is 30.2. The number of amides is 2. The number of aromatic nitrogens is 3. The smallest absolute Gasteiger partial charge is 0.277 e. The summed E-state index contributed by atoms with van der Waals surface area (Å²) in [6.45, 7) is 3.38. The Labute approximate surface area is 254 Å². The van der Waals surface area contributed by atoms with Crippen LogP contribution < -0.4 is 27.8 Å². The fraction of sp³-hybridized carbons (Fsp3) is 0.333. The summed E-state index contributed by atoms with van der Waals surface area (Å²) in [6.07, 6.45) is 5.31. The van der Waals surface area contributed by atoms with E-state index in [1.807, 2.05) is 39.0 Å². The van der Waals surface area contributed by atoms with Crippen LogP contribution in [0.25, 0.3) is 16.9 Å². The number of hydrogen-bond donors (Lipinski definition) is 2. The summed E-state index contributed by atoms with van der Waals surface area (Å²) in [5, 5.41) is 6.28. The average Bonchev–Trinajstić information content (AvgIpc) is 3.57. The number of nitrogens with zero attached hydrogens (tertiary/aromatic N) is 5. The number of nitrogens with one attached hydrogen (secondary N) is 2. The third kappa shape index (κ3) is 6.70. The van der Waals surface area contributed by atoms with E-state index in [0.29, 0.717) is 58.9 Å². The Morgan fingerprint density at radius 1 is 1.12 bits per heavy atom. The molecule has 43 heavy (non-hydrogen) atoms. The summed E-state index contributed by atoms with van der Waals surface area (Å²) in [7, 11) is 7.20. The standard InChI is InChI=1S/C30H33F2N7O3.ClH/c1-18-14-19(6-7-21(18)30(41)36-20-10-12-37(16-20)25(40)17-39(2,3)4)35-28-29-34-15-23(38(29)13-11-33-28)22-8-9-24(42-5)27(32)26(22)31;/h6-9,11,13-15,20H,10,12,16-17H2,1-5H3,(H-,33,35,36,41);1H/t20-;/m1./s1. The number of carbonyl (C=O) groups is 2. The van der Waals surface area contributed by atoms with Crippen LogP contribution in [0, 0.1) is 18.6 Å². The minimum absolute atomic E-state index is 0. The lowest BCUT2D eigenvalue weighted by Gasteiger charge is -2.26. The van der Waals surface area contributed by atoms with E-state index in [2.05, 4.69) is 20.6 Å². The van der Waals surface area contributed by atoms with Gasteiger partial charge >= 0.3 is 0 Å². The van der Waals surface area contributed by atoms with Crippen molar-refractivity contribution in [3.63, 3.8) is 0 Å². The highest BCUT2D eigenvalue weighted by atomic mass is 35.5. The first-order chi connectivity index (χ1) is 19.9. The number of ether oxygens (including phenoxy) is 1. The normalized spacial score (nSPS) is 14.9. The fourth-order valence-electron chi connectivity index (χ4n) is 5.10. The molecule has 0 aliphatic carbocycles. The van der Waals surface area contributed by atoms with Crippen LogP contribution in [0.3, 0.4) is 0 Å². The second-order valence-corrected chi connectivity index (χ2v) is 11.5. The largest absolute Gasteiger partial charge is 1.00 e. The quantitative estimate of drug-likeness (QED) is 0.285. The molecule has 13 heteroatoms. The molecule has 1 aliphatic heterocycles. The number of quaternary nitrogens is 1. The number of halogens is 3. The van der Waals surface area contributed by atoms with Gasteiger partial charge in [-0.05, 0) is 49.2 Å². The first-order valence-corrected chi connectivity index (χ1v) is 13.6. The summed E-state index contributed by atoms with van der Waals surface area (Å²) >= 11 is 0. The van der Waals surface area contributed by atoms with Crippen molar-refractivity contribution in [2.75, 3.05) is 53.2 Å². The number of hydrogen-bond acceptors (Lipinski definition) is 6. The summed E-state index contributed by atoms with van der Waals surface area (Å²) in [4.78, 5) is 36.2. The number of benzene rings is 2. The molecule has 4 aromatic rings. The van der Waals surface area contributed by atoms with Crippen LogP contribution in [0.15, 0.2) is 48.9 Å². The maximum absolute atomic E-state index is 14.8. The van der Waals surface area contributed by atoms with Crippen molar-refractivity contribution in [1.82, 2.24) is 24.6 Å². The van der Waals surface area contributed by atoms with Crippen LogP contribution in [0.1, 0.15) is 22.3 Å². The molecule has 10 nitrogen and oxygen atoms in total. The average molecular weight is 614 g/mol. The first kappa shape index (κ1) is 31.6. The summed E-state index contributed by atoms with van der Waals surface area (Å²) < 4.78 is 36.2. The Morgan fingerprint density at radius 3 is 2.58 bits per heavy atom. The van der Waals surface area contributed by atoms with Gasteiger partial charge in [-0.15, -0.1) is 0 Å². The topological polar surface area (TPSA) is 101 Å². The predicted octanol–water partition coefficient (Wildman–Crippen LogP) is 0.776. The van der Waals surface area contributed by atoms with Crippen LogP contribution in [0.2, 0.25) is 0 Å². The van der Waals surface area contributed by atoms with Crippen molar-refractivity contribution in [1.29, 1.82) is 0 Å². The highest BCUT2D eigenvalue weighted by molar-refractivity contribution is 5.96. The van der Waals surface area contributed by atoms with Gasteiger partial charge in [-0.2, -0.15) is 4.39 Å². The van der Waals surface area contributed by atoms with Crippen LogP contribution >= 0.6 is 0 Å². The molecule has 1 fully saturated rings. The fourth-order valence-corrected chi connectivity index (χ4v) is 5.10. The first-order valence-electron chi connectivity index (χ1n) is 13.6.